The zero-order valence-electron chi connectivity index (χ0n) is 18.5. The normalized spacial score (nSPS) is 14.1. The summed E-state index contributed by atoms with van der Waals surface area (Å²) in [5, 5.41) is 7.07. The van der Waals surface area contributed by atoms with E-state index in [1.807, 2.05) is 25.2 Å². The number of morpholine rings is 1. The SMILES string of the molecule is Cn1nccc1-c1cc(NC(=O)COc2cccc(F)c2)ccc1OCCN1CCOCC1. The van der Waals surface area contributed by atoms with Crippen molar-refractivity contribution >= 4 is 11.6 Å². The van der Waals surface area contributed by atoms with Crippen LogP contribution >= 0.6 is 0 Å². The second-order valence-corrected chi connectivity index (χ2v) is 7.65. The van der Waals surface area contributed by atoms with E-state index in [0.717, 1.165) is 44.1 Å². The summed E-state index contributed by atoms with van der Waals surface area (Å²) in [4.78, 5) is 14.7. The maximum absolute atomic E-state index is 13.3. The van der Waals surface area contributed by atoms with Gasteiger partial charge in [0.05, 0.1) is 18.9 Å². The van der Waals surface area contributed by atoms with Crippen LogP contribution in [0.1, 0.15) is 0 Å². The van der Waals surface area contributed by atoms with Crippen LogP contribution < -0.4 is 14.8 Å². The summed E-state index contributed by atoms with van der Waals surface area (Å²) in [6.45, 7) is 4.42. The summed E-state index contributed by atoms with van der Waals surface area (Å²) in [5.41, 5.74) is 2.28. The van der Waals surface area contributed by atoms with E-state index >= 15 is 0 Å². The molecule has 4 rings (SSSR count). The van der Waals surface area contributed by atoms with E-state index in [2.05, 4.69) is 15.3 Å². The standard InChI is InChI=1S/C24H27FN4O4/c1-28-22(7-8-26-28)21-16-19(27-24(30)17-33-20-4-2-3-18(25)15-20)5-6-23(21)32-14-11-29-9-12-31-13-10-29/h2-8,15-16H,9-14,17H2,1H3,(H,27,30). The summed E-state index contributed by atoms with van der Waals surface area (Å²) >= 11 is 0. The number of aromatic nitrogens is 2. The highest BCUT2D eigenvalue weighted by Gasteiger charge is 2.15. The van der Waals surface area contributed by atoms with Crippen LogP contribution in [0.15, 0.2) is 54.7 Å². The second-order valence-electron chi connectivity index (χ2n) is 7.65. The number of nitrogens with one attached hydrogen (secondary N) is 1. The molecular formula is C24H27FN4O4. The molecule has 0 atom stereocenters. The fraction of sp³-hybridized carbons (Fsp3) is 0.333. The summed E-state index contributed by atoms with van der Waals surface area (Å²) in [5.74, 6) is 0.236. The van der Waals surface area contributed by atoms with Crippen LogP contribution in [-0.4, -0.2) is 66.6 Å². The number of halogens is 1. The lowest BCUT2D eigenvalue weighted by Gasteiger charge is -2.26. The summed E-state index contributed by atoms with van der Waals surface area (Å²) < 4.78 is 31.9. The van der Waals surface area contributed by atoms with Gasteiger partial charge in [-0.15, -0.1) is 0 Å². The Morgan fingerprint density at radius 1 is 1.15 bits per heavy atom. The highest BCUT2D eigenvalue weighted by Crippen LogP contribution is 2.32. The number of benzene rings is 2. The van der Waals surface area contributed by atoms with E-state index in [9.17, 15) is 9.18 Å². The third kappa shape index (κ3) is 6.30. The number of hydrogen-bond acceptors (Lipinski definition) is 6. The van der Waals surface area contributed by atoms with Gasteiger partial charge in [0.25, 0.3) is 5.91 Å². The third-order valence-corrected chi connectivity index (χ3v) is 5.29. The molecule has 1 N–H and O–H groups in total. The fourth-order valence-electron chi connectivity index (χ4n) is 3.58. The number of carbonyl (C=O) groups is 1. The molecule has 0 aliphatic carbocycles. The molecule has 1 aliphatic heterocycles. The smallest absolute Gasteiger partial charge is 0.262 e. The predicted molar refractivity (Wildman–Crippen MR) is 122 cm³/mol. The molecule has 1 aromatic heterocycles. The highest BCUT2D eigenvalue weighted by atomic mass is 19.1. The van der Waals surface area contributed by atoms with Crippen molar-refractivity contribution in [3.05, 3.63) is 60.5 Å². The van der Waals surface area contributed by atoms with Crippen molar-refractivity contribution in [3.8, 4) is 22.8 Å². The van der Waals surface area contributed by atoms with Gasteiger partial charge in [-0.2, -0.15) is 5.10 Å². The third-order valence-electron chi connectivity index (χ3n) is 5.29. The van der Waals surface area contributed by atoms with E-state index in [4.69, 9.17) is 14.2 Å². The van der Waals surface area contributed by atoms with Gasteiger partial charge < -0.3 is 19.5 Å². The van der Waals surface area contributed by atoms with Crippen molar-refractivity contribution in [2.24, 2.45) is 7.05 Å². The van der Waals surface area contributed by atoms with Gasteiger partial charge in [-0.05, 0) is 36.4 Å². The molecule has 33 heavy (non-hydrogen) atoms. The number of aryl methyl sites for hydroxylation is 1. The first kappa shape index (κ1) is 22.8. The molecule has 9 heteroatoms. The minimum atomic E-state index is -0.419. The van der Waals surface area contributed by atoms with Crippen LogP contribution in [0.5, 0.6) is 11.5 Å². The zero-order valence-corrected chi connectivity index (χ0v) is 18.5. The molecule has 2 heterocycles. The Balaban J connectivity index is 1.41. The quantitative estimate of drug-likeness (QED) is 0.536. The molecule has 3 aromatic rings. The number of nitrogens with zero attached hydrogens (tertiary/aromatic N) is 3. The molecule has 8 nitrogen and oxygen atoms in total. The molecule has 0 spiro atoms. The van der Waals surface area contributed by atoms with Gasteiger partial charge in [0, 0.05) is 50.2 Å². The molecule has 2 aromatic carbocycles. The van der Waals surface area contributed by atoms with Crippen LogP contribution in [0.4, 0.5) is 10.1 Å². The lowest BCUT2D eigenvalue weighted by atomic mass is 10.1. The molecular weight excluding hydrogens is 427 g/mol. The molecule has 0 unspecified atom stereocenters. The summed E-state index contributed by atoms with van der Waals surface area (Å²) in [6, 6.07) is 13.0. The van der Waals surface area contributed by atoms with Crippen molar-refractivity contribution in [3.63, 3.8) is 0 Å². The highest BCUT2D eigenvalue weighted by molar-refractivity contribution is 5.93. The Bertz CT molecular complexity index is 1080. The van der Waals surface area contributed by atoms with Crippen LogP contribution in [0, 0.1) is 5.82 Å². The second kappa shape index (κ2) is 10.9. The molecule has 174 valence electrons. The maximum Gasteiger partial charge on any atom is 0.262 e. The van der Waals surface area contributed by atoms with Gasteiger partial charge in [0.2, 0.25) is 0 Å². The van der Waals surface area contributed by atoms with Gasteiger partial charge >= 0.3 is 0 Å². The van der Waals surface area contributed by atoms with E-state index in [0.29, 0.717) is 23.8 Å². The molecule has 1 amide bonds. The van der Waals surface area contributed by atoms with Crippen molar-refractivity contribution in [2.45, 2.75) is 0 Å². The summed E-state index contributed by atoms with van der Waals surface area (Å²) in [6.07, 6.45) is 1.71. The topological polar surface area (TPSA) is 77.9 Å². The van der Waals surface area contributed by atoms with Crippen LogP contribution in [0.2, 0.25) is 0 Å². The molecule has 0 radical (unpaired) electrons. The van der Waals surface area contributed by atoms with Crippen molar-refractivity contribution < 1.29 is 23.4 Å². The fourth-order valence-corrected chi connectivity index (χ4v) is 3.58. The first-order valence-corrected chi connectivity index (χ1v) is 10.8. The summed E-state index contributed by atoms with van der Waals surface area (Å²) in [7, 11) is 1.85. The molecule has 1 fully saturated rings. The van der Waals surface area contributed by atoms with E-state index in [-0.39, 0.29) is 12.5 Å². The Hall–Kier alpha value is -3.43. The van der Waals surface area contributed by atoms with Crippen LogP contribution in [-0.2, 0) is 16.6 Å². The van der Waals surface area contributed by atoms with Crippen LogP contribution in [0.25, 0.3) is 11.3 Å². The lowest BCUT2D eigenvalue weighted by molar-refractivity contribution is -0.118. The van der Waals surface area contributed by atoms with Crippen LogP contribution in [0.3, 0.4) is 0 Å². The minimum Gasteiger partial charge on any atom is -0.492 e. The monoisotopic (exact) mass is 454 g/mol. The van der Waals surface area contributed by atoms with Gasteiger partial charge in [0.15, 0.2) is 6.61 Å². The Morgan fingerprint density at radius 3 is 2.76 bits per heavy atom. The van der Waals surface area contributed by atoms with Gasteiger partial charge in [-0.1, -0.05) is 6.07 Å². The van der Waals surface area contributed by atoms with Crippen molar-refractivity contribution in [1.29, 1.82) is 0 Å². The van der Waals surface area contributed by atoms with E-state index in [1.165, 1.54) is 18.2 Å². The zero-order chi connectivity index (χ0) is 23.0. The lowest BCUT2D eigenvalue weighted by Crippen LogP contribution is -2.38. The van der Waals surface area contributed by atoms with Crippen molar-refractivity contribution in [1.82, 2.24) is 14.7 Å². The predicted octanol–water partition coefficient (Wildman–Crippen LogP) is 2.95. The maximum atomic E-state index is 13.3. The Kier molecular flexibility index (Phi) is 7.54. The number of amides is 1. The number of ether oxygens (including phenoxy) is 3. The van der Waals surface area contributed by atoms with Crippen molar-refractivity contribution in [2.75, 3.05) is 51.4 Å². The van der Waals surface area contributed by atoms with Gasteiger partial charge in [-0.3, -0.25) is 14.4 Å². The number of anilines is 1. The average molecular weight is 455 g/mol. The Morgan fingerprint density at radius 2 is 2.00 bits per heavy atom. The number of rotatable bonds is 9. The molecule has 1 aliphatic rings. The number of hydrogen-bond donors (Lipinski definition) is 1. The Labute approximate surface area is 191 Å². The first-order chi connectivity index (χ1) is 16.1. The van der Waals surface area contributed by atoms with E-state index in [1.54, 1.807) is 23.0 Å². The largest absolute Gasteiger partial charge is 0.492 e. The average Bonchev–Trinajstić information content (AvgIpc) is 3.25. The molecule has 1 saturated heterocycles. The number of carbonyl (C=O) groups excluding carboxylic acids is 1. The molecule has 0 bridgehead atoms. The first-order valence-electron chi connectivity index (χ1n) is 10.8. The van der Waals surface area contributed by atoms with E-state index < -0.39 is 5.82 Å². The minimum absolute atomic E-state index is 0.234. The van der Waals surface area contributed by atoms with Gasteiger partial charge in [0.1, 0.15) is 23.9 Å². The van der Waals surface area contributed by atoms with Gasteiger partial charge in [-0.25, -0.2) is 4.39 Å². The molecule has 0 saturated carbocycles.